The number of amides is 4. The molecule has 0 unspecified atom stereocenters. The highest BCUT2D eigenvalue weighted by molar-refractivity contribution is 6.07. The molecule has 64 heavy (non-hydrogen) atoms. The Hall–Kier alpha value is -5.62. The monoisotopic (exact) mass is 901 g/mol. The molecule has 4 amide bonds. The molecule has 1 aromatic rings. The molecule has 4 rings (SSSR count). The van der Waals surface area contributed by atoms with Crippen LogP contribution in [0, 0.1) is 39.2 Å². The van der Waals surface area contributed by atoms with Crippen LogP contribution in [0.3, 0.4) is 0 Å². The molecular formula is C45H61F2N5O12. The molecule has 5 atom stereocenters. The average Bonchev–Trinajstić information content (AvgIpc) is 3.59. The number of carboxylic acid groups (broad SMARTS) is 1. The summed E-state index contributed by atoms with van der Waals surface area (Å²) in [5, 5.41) is 26.5. The van der Waals surface area contributed by atoms with Gasteiger partial charge in [-0.15, -0.1) is 0 Å². The van der Waals surface area contributed by atoms with Gasteiger partial charge in [0.25, 0.3) is 11.6 Å². The summed E-state index contributed by atoms with van der Waals surface area (Å²) in [6, 6.07) is -1.90. The number of esters is 1. The van der Waals surface area contributed by atoms with Gasteiger partial charge < -0.3 is 31.1 Å². The lowest BCUT2D eigenvalue weighted by molar-refractivity contribution is -0.384. The zero-order chi connectivity index (χ0) is 47.5. The Bertz CT molecular complexity index is 1970. The summed E-state index contributed by atoms with van der Waals surface area (Å²) in [6.07, 6.45) is 8.06. The van der Waals surface area contributed by atoms with E-state index in [1.165, 1.54) is 6.08 Å². The summed E-state index contributed by atoms with van der Waals surface area (Å²) in [4.78, 5) is 118. The molecular weight excluding hydrogens is 841 g/mol. The second kappa shape index (κ2) is 22.3. The van der Waals surface area contributed by atoms with Gasteiger partial charge in [-0.05, 0) is 61.8 Å². The van der Waals surface area contributed by atoms with E-state index in [2.05, 4.69) is 15.4 Å². The van der Waals surface area contributed by atoms with E-state index >= 15 is 8.78 Å². The Morgan fingerprint density at radius 2 is 1.56 bits per heavy atom. The van der Waals surface area contributed by atoms with Crippen LogP contribution in [-0.2, 0) is 33.5 Å². The normalized spacial score (nSPS) is 20.1. The fourth-order valence-electron chi connectivity index (χ4n) is 9.18. The molecule has 352 valence electrons. The number of hydrogen-bond acceptors (Lipinski definition) is 11. The van der Waals surface area contributed by atoms with Crippen LogP contribution in [-0.4, -0.2) is 99.8 Å². The molecule has 1 aliphatic heterocycles. The summed E-state index contributed by atoms with van der Waals surface area (Å²) in [5.41, 5.74) is 2.90. The van der Waals surface area contributed by atoms with Crippen LogP contribution in [0.25, 0.3) is 0 Å². The van der Waals surface area contributed by atoms with E-state index in [4.69, 9.17) is 5.73 Å². The first kappa shape index (κ1) is 51.0. The van der Waals surface area contributed by atoms with Crippen LogP contribution >= 0.6 is 0 Å². The average molecular weight is 902 g/mol. The van der Waals surface area contributed by atoms with Crippen LogP contribution < -0.4 is 16.4 Å². The van der Waals surface area contributed by atoms with Crippen molar-refractivity contribution in [1.82, 2.24) is 15.5 Å². The number of primary amides is 1. The van der Waals surface area contributed by atoms with E-state index < -0.39 is 130 Å². The molecule has 0 radical (unpaired) electrons. The quantitative estimate of drug-likeness (QED) is 0.0418. The number of aromatic carboxylic acids is 1. The number of nitro benzene ring substituents is 1. The van der Waals surface area contributed by atoms with Crippen molar-refractivity contribution in [2.75, 3.05) is 13.7 Å². The first-order valence-electron chi connectivity index (χ1n) is 21.9. The van der Waals surface area contributed by atoms with Crippen LogP contribution in [0.15, 0.2) is 30.4 Å². The van der Waals surface area contributed by atoms with Crippen molar-refractivity contribution < 1.29 is 61.9 Å². The number of likely N-dealkylation sites (tertiary alicyclic amines) is 1. The van der Waals surface area contributed by atoms with E-state index in [9.17, 15) is 53.6 Å². The number of nitrogens with zero attached hydrogens (tertiary/aromatic N) is 2. The number of nitro groups is 1. The minimum Gasteiger partial charge on any atom is -0.478 e. The van der Waals surface area contributed by atoms with Crippen molar-refractivity contribution in [3.63, 3.8) is 0 Å². The molecule has 0 aromatic heterocycles. The Labute approximate surface area is 370 Å². The molecule has 1 heterocycles. The van der Waals surface area contributed by atoms with E-state index in [0.29, 0.717) is 17.7 Å². The summed E-state index contributed by atoms with van der Waals surface area (Å²) < 4.78 is 35.4. The van der Waals surface area contributed by atoms with E-state index in [1.54, 1.807) is 20.8 Å². The highest BCUT2D eigenvalue weighted by Gasteiger charge is 2.53. The number of Topliss-reactive ketones (excluding diaryl/α,β-unsaturated/α-hetero) is 2. The Kier molecular flexibility index (Phi) is 17.8. The summed E-state index contributed by atoms with van der Waals surface area (Å²) in [6.45, 7) is 3.43. The number of rotatable bonds is 20. The molecule has 3 aliphatic rings. The minimum absolute atomic E-state index is 0.0162. The first-order valence-corrected chi connectivity index (χ1v) is 21.9. The molecule has 17 nitrogen and oxygen atoms in total. The number of carbonyl (C=O) groups excluding carboxylic acids is 7. The summed E-state index contributed by atoms with van der Waals surface area (Å²) in [5.74, 6) is -13.4. The Morgan fingerprint density at radius 3 is 2.11 bits per heavy atom. The summed E-state index contributed by atoms with van der Waals surface area (Å²) in [7, 11) is 1.14. The van der Waals surface area contributed by atoms with Gasteiger partial charge in [0.15, 0.2) is 11.6 Å². The first-order chi connectivity index (χ1) is 30.0. The highest BCUT2D eigenvalue weighted by atomic mass is 19.3. The number of alkyl halides is 2. The van der Waals surface area contributed by atoms with Gasteiger partial charge in [-0.25, -0.2) is 18.4 Å². The number of carboxylic acids is 1. The molecule has 19 heteroatoms. The standard InChI is InChI=1S/C45H61F2N5O12/c1-44(2,3)38(50-40(57)28(17-11-12-18-36(55)64-4)21-34(53)32-22-29(52(62)63)19-20-30(32)43(60)61)42(59)51-25-45(46,47)24-33(51)41(58)49-37(27-15-9-6-10-16-27)35(54)23-31(39(48)56)26-13-7-5-8-14-26/h12,18-20,22,26-28,31,33,37-38H,5-11,13-17,21,23-25H2,1-4H3,(H2,48,56)(H,49,58)(H,50,57)(H,60,61)/b18-12+/t28-,31+,33+,37+,38-/m1/s1. The molecule has 0 bridgehead atoms. The number of ether oxygens (including phenoxy) is 1. The molecule has 2 saturated carbocycles. The fraction of sp³-hybridized carbons (Fsp3) is 0.644. The number of allylic oxidation sites excluding steroid dienone is 1. The maximum Gasteiger partial charge on any atom is 0.336 e. The predicted molar refractivity (Wildman–Crippen MR) is 227 cm³/mol. The minimum atomic E-state index is -3.55. The summed E-state index contributed by atoms with van der Waals surface area (Å²) >= 11 is 0. The van der Waals surface area contributed by atoms with Gasteiger partial charge in [0.1, 0.15) is 12.1 Å². The lowest BCUT2D eigenvalue weighted by atomic mass is 9.75. The predicted octanol–water partition coefficient (Wildman–Crippen LogP) is 5.46. The Balaban J connectivity index is 1.63. The number of nitrogens with one attached hydrogen (secondary N) is 2. The molecule has 0 spiro atoms. The number of non-ortho nitro benzene ring substituents is 1. The fourth-order valence-corrected chi connectivity index (χ4v) is 9.18. The van der Waals surface area contributed by atoms with Gasteiger partial charge in [-0.3, -0.25) is 38.9 Å². The lowest BCUT2D eigenvalue weighted by Gasteiger charge is -2.37. The van der Waals surface area contributed by atoms with Gasteiger partial charge in [-0.2, -0.15) is 0 Å². The highest BCUT2D eigenvalue weighted by Crippen LogP contribution is 2.37. The van der Waals surface area contributed by atoms with Crippen molar-refractivity contribution >= 4 is 52.8 Å². The third-order valence-corrected chi connectivity index (χ3v) is 12.7. The number of halogens is 2. The van der Waals surface area contributed by atoms with E-state index in [0.717, 1.165) is 82.8 Å². The van der Waals surface area contributed by atoms with Crippen LogP contribution in [0.1, 0.15) is 138 Å². The zero-order valence-corrected chi connectivity index (χ0v) is 36.9. The lowest BCUT2D eigenvalue weighted by Crippen LogP contribution is -2.59. The number of carbonyl (C=O) groups is 8. The van der Waals surface area contributed by atoms with Crippen LogP contribution in [0.5, 0.6) is 0 Å². The maximum absolute atomic E-state index is 15.4. The van der Waals surface area contributed by atoms with Crippen molar-refractivity contribution in [3.05, 3.63) is 51.6 Å². The van der Waals surface area contributed by atoms with Crippen molar-refractivity contribution in [2.45, 2.75) is 141 Å². The number of benzene rings is 1. The van der Waals surface area contributed by atoms with Crippen molar-refractivity contribution in [1.29, 1.82) is 0 Å². The van der Waals surface area contributed by atoms with Gasteiger partial charge in [0, 0.05) is 54.9 Å². The zero-order valence-electron chi connectivity index (χ0n) is 36.9. The number of hydrogen-bond donors (Lipinski definition) is 4. The molecule has 3 fully saturated rings. The van der Waals surface area contributed by atoms with Crippen LogP contribution in [0.4, 0.5) is 14.5 Å². The van der Waals surface area contributed by atoms with E-state index in [-0.39, 0.29) is 31.1 Å². The molecule has 1 aromatic carbocycles. The third kappa shape index (κ3) is 13.7. The largest absolute Gasteiger partial charge is 0.478 e. The van der Waals surface area contributed by atoms with Gasteiger partial charge in [-0.1, -0.05) is 65.4 Å². The SMILES string of the molecule is COC(=O)/C=C/CC[C@H](CC(=O)c1cc([N+](=O)[O-])ccc1C(=O)O)C(=O)N[C@H](C(=O)N1CC(F)(F)C[C@H]1C(=O)N[C@H](C(=O)C[C@H](C(N)=O)C1CCCCC1)C1CCCCC1)C(C)(C)C. The Morgan fingerprint density at radius 1 is 0.953 bits per heavy atom. The van der Waals surface area contributed by atoms with Crippen molar-refractivity contribution in [2.24, 2.45) is 34.8 Å². The van der Waals surface area contributed by atoms with E-state index in [1.807, 2.05) is 0 Å². The molecule has 5 N–H and O–H groups in total. The number of nitrogens with two attached hydrogens (primary N) is 1. The second-order valence-electron chi connectivity index (χ2n) is 18.4. The number of ketones is 2. The maximum atomic E-state index is 15.4. The van der Waals surface area contributed by atoms with Crippen LogP contribution in [0.2, 0.25) is 0 Å². The molecule has 2 aliphatic carbocycles. The van der Waals surface area contributed by atoms with Gasteiger partial charge >= 0.3 is 11.9 Å². The van der Waals surface area contributed by atoms with Crippen molar-refractivity contribution in [3.8, 4) is 0 Å². The smallest absolute Gasteiger partial charge is 0.336 e. The van der Waals surface area contributed by atoms with Gasteiger partial charge in [0.2, 0.25) is 23.6 Å². The van der Waals surface area contributed by atoms with Gasteiger partial charge in [0.05, 0.1) is 30.2 Å². The second-order valence-corrected chi connectivity index (χ2v) is 18.4. The number of methoxy groups -OCH3 is 1. The molecule has 1 saturated heterocycles. The topological polar surface area (TPSA) is 262 Å². The third-order valence-electron chi connectivity index (χ3n) is 12.7.